The molecule has 30 heavy (non-hydrogen) atoms. The molecule has 160 valence electrons. The summed E-state index contributed by atoms with van der Waals surface area (Å²) in [5, 5.41) is 2.79. The number of carbonyl (C=O) groups is 3. The Hall–Kier alpha value is -3.27. The van der Waals surface area contributed by atoms with Crippen molar-refractivity contribution in [2.24, 2.45) is 0 Å². The summed E-state index contributed by atoms with van der Waals surface area (Å²) in [6.07, 6.45) is 2.89. The van der Waals surface area contributed by atoms with Gasteiger partial charge in [0.15, 0.2) is 0 Å². The fraction of sp³-hybridized carbons (Fsp3) is 0.300. The van der Waals surface area contributed by atoms with Crippen molar-refractivity contribution in [1.29, 1.82) is 0 Å². The van der Waals surface area contributed by atoms with E-state index in [-0.39, 0.29) is 22.1 Å². The smallest absolute Gasteiger partial charge is 0.356 e. The second kappa shape index (κ2) is 10.5. The van der Waals surface area contributed by atoms with E-state index in [1.807, 2.05) is 11.6 Å². The van der Waals surface area contributed by atoms with Crippen molar-refractivity contribution in [2.45, 2.75) is 31.1 Å². The van der Waals surface area contributed by atoms with Gasteiger partial charge in [-0.2, -0.15) is 0 Å². The third-order valence-electron chi connectivity index (χ3n) is 4.09. The molecule has 2 aromatic rings. The number of esters is 1. The van der Waals surface area contributed by atoms with Gasteiger partial charge in [-0.15, -0.1) is 0 Å². The Balaban J connectivity index is 1.98. The molecule has 1 aromatic carbocycles. The van der Waals surface area contributed by atoms with E-state index in [0.717, 1.165) is 18.2 Å². The van der Waals surface area contributed by atoms with Gasteiger partial charge in [0.05, 0.1) is 17.6 Å². The molecule has 0 aliphatic heterocycles. The van der Waals surface area contributed by atoms with Crippen molar-refractivity contribution in [3.05, 3.63) is 59.4 Å². The summed E-state index contributed by atoms with van der Waals surface area (Å²) in [6, 6.07) is 8.56. The van der Waals surface area contributed by atoms with Crippen molar-refractivity contribution in [3.63, 3.8) is 0 Å². The topological polar surface area (TPSA) is 132 Å². The second-order valence-corrected chi connectivity index (χ2v) is 8.03. The molecule has 0 aliphatic carbocycles. The molecule has 2 amide bonds. The van der Waals surface area contributed by atoms with Gasteiger partial charge in [-0.3, -0.25) is 9.59 Å². The summed E-state index contributed by atoms with van der Waals surface area (Å²) in [5.41, 5.74) is 0.823. The van der Waals surface area contributed by atoms with Crippen LogP contribution in [0.15, 0.2) is 47.5 Å². The van der Waals surface area contributed by atoms with Crippen molar-refractivity contribution >= 4 is 27.8 Å². The molecule has 0 unspecified atom stereocenters. The number of amides is 2. The third-order valence-corrected chi connectivity index (χ3v) is 5.44. The number of sulfonamides is 1. The number of hydrogen-bond acceptors (Lipinski definition) is 7. The van der Waals surface area contributed by atoms with E-state index in [1.165, 1.54) is 31.4 Å². The summed E-state index contributed by atoms with van der Waals surface area (Å²) in [6.45, 7) is 2.38. The van der Waals surface area contributed by atoms with Gasteiger partial charge in [-0.05, 0) is 42.7 Å². The van der Waals surface area contributed by atoms with Crippen LogP contribution in [0.3, 0.4) is 0 Å². The highest BCUT2D eigenvalue weighted by molar-refractivity contribution is 7.90. The number of carbonyl (C=O) groups excluding carboxylic acids is 3. The van der Waals surface area contributed by atoms with E-state index in [9.17, 15) is 22.8 Å². The minimum absolute atomic E-state index is 0.00150. The molecule has 0 saturated carbocycles. The fourth-order valence-electron chi connectivity index (χ4n) is 2.49. The first-order chi connectivity index (χ1) is 14.3. The average molecular weight is 433 g/mol. The van der Waals surface area contributed by atoms with Crippen LogP contribution < -0.4 is 10.0 Å². The lowest BCUT2D eigenvalue weighted by Crippen LogP contribution is -2.30. The molecule has 0 atom stereocenters. The van der Waals surface area contributed by atoms with Crippen molar-refractivity contribution in [1.82, 2.24) is 15.0 Å². The largest absolute Gasteiger partial charge is 0.464 e. The van der Waals surface area contributed by atoms with Gasteiger partial charge in [-0.25, -0.2) is 22.9 Å². The lowest BCUT2D eigenvalue weighted by molar-refractivity contribution is -0.121. The zero-order valence-corrected chi connectivity index (χ0v) is 17.5. The van der Waals surface area contributed by atoms with Crippen LogP contribution >= 0.6 is 0 Å². The van der Waals surface area contributed by atoms with Crippen molar-refractivity contribution in [3.8, 4) is 0 Å². The Kier molecular flexibility index (Phi) is 8.05. The van der Waals surface area contributed by atoms with Crippen LogP contribution in [0, 0.1) is 0 Å². The van der Waals surface area contributed by atoms with Crippen LogP contribution in [0.1, 0.15) is 46.2 Å². The fourth-order valence-corrected chi connectivity index (χ4v) is 3.46. The Morgan fingerprint density at radius 3 is 2.33 bits per heavy atom. The van der Waals surface area contributed by atoms with Gasteiger partial charge in [0.1, 0.15) is 5.69 Å². The molecule has 1 heterocycles. The van der Waals surface area contributed by atoms with Crippen molar-refractivity contribution < 1.29 is 27.5 Å². The van der Waals surface area contributed by atoms with Crippen LogP contribution in [0.5, 0.6) is 0 Å². The number of nitrogens with zero attached hydrogens (tertiary/aromatic N) is 1. The van der Waals surface area contributed by atoms with E-state index in [2.05, 4.69) is 15.0 Å². The number of aromatic nitrogens is 1. The molecule has 0 fully saturated rings. The molecule has 0 aliphatic rings. The standard InChI is InChI=1S/C20H23N3O6S/c1-3-4-18(24)21-12-11-14-5-8-16(9-6-14)30(27,28)23-19(25)15-7-10-17(22-13-15)20(26)29-2/h5-10,13H,3-4,11-12H2,1-2H3,(H,21,24)(H,23,25). The number of nitrogens with one attached hydrogen (secondary N) is 2. The maximum Gasteiger partial charge on any atom is 0.356 e. The highest BCUT2D eigenvalue weighted by atomic mass is 32.2. The number of rotatable bonds is 9. The number of benzene rings is 1. The van der Waals surface area contributed by atoms with Crippen LogP contribution in [-0.2, 0) is 26.0 Å². The number of methoxy groups -OCH3 is 1. The summed E-state index contributed by atoms with van der Waals surface area (Å²) in [4.78, 5) is 38.7. The minimum atomic E-state index is -4.09. The Bertz CT molecular complexity index is 1000. The predicted molar refractivity (Wildman–Crippen MR) is 108 cm³/mol. The van der Waals surface area contributed by atoms with Crippen LogP contribution in [0.2, 0.25) is 0 Å². The molecule has 0 bridgehead atoms. The van der Waals surface area contributed by atoms with Gasteiger partial charge in [-0.1, -0.05) is 19.1 Å². The first kappa shape index (κ1) is 23.0. The van der Waals surface area contributed by atoms with Gasteiger partial charge in [0.2, 0.25) is 5.91 Å². The van der Waals surface area contributed by atoms with E-state index in [0.29, 0.717) is 19.4 Å². The number of hydrogen-bond donors (Lipinski definition) is 2. The van der Waals surface area contributed by atoms with E-state index in [4.69, 9.17) is 0 Å². The van der Waals surface area contributed by atoms with Gasteiger partial charge in [0.25, 0.3) is 15.9 Å². The average Bonchev–Trinajstić information content (AvgIpc) is 2.73. The maximum atomic E-state index is 12.4. The molecule has 1 aromatic heterocycles. The molecule has 2 N–H and O–H groups in total. The lowest BCUT2D eigenvalue weighted by Gasteiger charge is -2.09. The maximum absolute atomic E-state index is 12.4. The quantitative estimate of drug-likeness (QED) is 0.572. The first-order valence-electron chi connectivity index (χ1n) is 9.24. The SMILES string of the molecule is CCCC(=O)NCCc1ccc(S(=O)(=O)NC(=O)c2ccc(C(=O)OC)nc2)cc1. The lowest BCUT2D eigenvalue weighted by atomic mass is 10.1. The second-order valence-electron chi connectivity index (χ2n) is 6.35. The first-order valence-corrected chi connectivity index (χ1v) is 10.7. The van der Waals surface area contributed by atoms with Gasteiger partial charge < -0.3 is 10.1 Å². The van der Waals surface area contributed by atoms with Crippen LogP contribution in [0.4, 0.5) is 0 Å². The molecule has 10 heteroatoms. The summed E-state index contributed by atoms with van der Waals surface area (Å²) >= 11 is 0. The molecule has 0 saturated heterocycles. The molecule has 9 nitrogen and oxygen atoms in total. The summed E-state index contributed by atoms with van der Waals surface area (Å²) in [7, 11) is -2.89. The van der Waals surface area contributed by atoms with Gasteiger partial charge in [0, 0.05) is 19.2 Å². The van der Waals surface area contributed by atoms with Gasteiger partial charge >= 0.3 is 5.97 Å². The van der Waals surface area contributed by atoms with E-state index < -0.39 is 21.9 Å². The normalized spacial score (nSPS) is 10.9. The minimum Gasteiger partial charge on any atom is -0.464 e. The third kappa shape index (κ3) is 6.38. The molecular formula is C20H23N3O6S. The Morgan fingerprint density at radius 1 is 1.07 bits per heavy atom. The summed E-state index contributed by atoms with van der Waals surface area (Å²) < 4.78 is 31.4. The number of ether oxygens (including phenoxy) is 1. The highest BCUT2D eigenvalue weighted by Crippen LogP contribution is 2.12. The van der Waals surface area contributed by atoms with E-state index in [1.54, 1.807) is 12.1 Å². The predicted octanol–water partition coefficient (Wildman–Crippen LogP) is 1.45. The monoisotopic (exact) mass is 433 g/mol. The molecular weight excluding hydrogens is 410 g/mol. The Morgan fingerprint density at radius 2 is 1.77 bits per heavy atom. The number of pyridine rings is 1. The van der Waals surface area contributed by atoms with Crippen LogP contribution in [0.25, 0.3) is 0 Å². The summed E-state index contributed by atoms with van der Waals surface area (Å²) in [5.74, 6) is -1.56. The van der Waals surface area contributed by atoms with E-state index >= 15 is 0 Å². The Labute approximate surface area is 174 Å². The molecule has 0 radical (unpaired) electrons. The van der Waals surface area contributed by atoms with Crippen molar-refractivity contribution in [2.75, 3.05) is 13.7 Å². The van der Waals surface area contributed by atoms with Crippen LogP contribution in [-0.4, -0.2) is 44.8 Å². The molecule has 2 rings (SSSR count). The molecule has 0 spiro atoms. The zero-order chi connectivity index (χ0) is 22.1. The zero-order valence-electron chi connectivity index (χ0n) is 16.7. The highest BCUT2D eigenvalue weighted by Gasteiger charge is 2.19.